The van der Waals surface area contributed by atoms with Crippen molar-refractivity contribution in [3.8, 4) is 22.8 Å². The zero-order chi connectivity index (χ0) is 14.1. The molecule has 2 aromatic carbocycles. The summed E-state index contributed by atoms with van der Waals surface area (Å²) < 4.78 is 10.7. The molecule has 20 heavy (non-hydrogen) atoms. The van der Waals surface area contributed by atoms with E-state index < -0.39 is 0 Å². The lowest BCUT2D eigenvalue weighted by molar-refractivity contribution is 0.404. The molecule has 3 rings (SSSR count). The van der Waals surface area contributed by atoms with E-state index >= 15 is 0 Å². The molecule has 0 spiro atoms. The molecule has 0 fully saturated rings. The molecule has 0 atom stereocenters. The van der Waals surface area contributed by atoms with Crippen LogP contribution in [0.25, 0.3) is 22.2 Å². The van der Waals surface area contributed by atoms with Crippen LogP contribution in [0.1, 0.15) is 0 Å². The Balaban J connectivity index is 2.26. The summed E-state index contributed by atoms with van der Waals surface area (Å²) in [6, 6.07) is 11.3. The number of nitrogen functional groups attached to an aromatic ring is 1. The molecule has 0 saturated carbocycles. The smallest absolute Gasteiger partial charge is 0.128 e. The number of nitrogens with one attached hydrogen (secondary N) is 1. The van der Waals surface area contributed by atoms with Crippen LogP contribution in [0.2, 0.25) is 0 Å². The summed E-state index contributed by atoms with van der Waals surface area (Å²) in [6.45, 7) is 0. The Labute approximate surface area is 116 Å². The monoisotopic (exact) mass is 269 g/mol. The Morgan fingerprint density at radius 1 is 1.05 bits per heavy atom. The number of anilines is 1. The summed E-state index contributed by atoms with van der Waals surface area (Å²) in [4.78, 5) is 0. The first-order chi connectivity index (χ1) is 9.72. The number of H-pyrrole nitrogens is 1. The van der Waals surface area contributed by atoms with E-state index in [1.54, 1.807) is 14.2 Å². The summed E-state index contributed by atoms with van der Waals surface area (Å²) in [6.07, 6.45) is 0. The van der Waals surface area contributed by atoms with Gasteiger partial charge in [0.05, 0.1) is 19.7 Å². The fourth-order valence-electron chi connectivity index (χ4n) is 2.24. The number of nitrogens with zero attached hydrogens (tertiary/aromatic N) is 1. The third-order valence-corrected chi connectivity index (χ3v) is 3.25. The highest BCUT2D eigenvalue weighted by Gasteiger charge is 2.14. The molecule has 0 saturated heterocycles. The molecule has 0 unspecified atom stereocenters. The Hall–Kier alpha value is -2.69. The first-order valence-electron chi connectivity index (χ1n) is 6.19. The van der Waals surface area contributed by atoms with Gasteiger partial charge in [-0.05, 0) is 36.4 Å². The SMILES string of the molecule is COc1ccc(OC)c(-c2n[nH]c3ccc(N)cc23)c1. The van der Waals surface area contributed by atoms with E-state index in [-0.39, 0.29) is 0 Å². The van der Waals surface area contributed by atoms with Gasteiger partial charge in [-0.2, -0.15) is 5.10 Å². The second-order valence-electron chi connectivity index (χ2n) is 4.44. The maximum absolute atomic E-state index is 5.86. The van der Waals surface area contributed by atoms with Gasteiger partial charge < -0.3 is 15.2 Å². The molecule has 102 valence electrons. The van der Waals surface area contributed by atoms with Gasteiger partial charge in [-0.25, -0.2) is 0 Å². The van der Waals surface area contributed by atoms with Crippen molar-refractivity contribution in [3.63, 3.8) is 0 Å². The van der Waals surface area contributed by atoms with E-state index in [1.807, 2.05) is 36.4 Å². The van der Waals surface area contributed by atoms with Crippen molar-refractivity contribution in [2.45, 2.75) is 0 Å². The van der Waals surface area contributed by atoms with E-state index in [9.17, 15) is 0 Å². The van der Waals surface area contributed by atoms with Gasteiger partial charge >= 0.3 is 0 Å². The lowest BCUT2D eigenvalue weighted by atomic mass is 10.1. The number of aromatic amines is 1. The lowest BCUT2D eigenvalue weighted by Gasteiger charge is -2.09. The van der Waals surface area contributed by atoms with Crippen LogP contribution in [0, 0.1) is 0 Å². The highest BCUT2D eigenvalue weighted by molar-refractivity contribution is 5.96. The van der Waals surface area contributed by atoms with Gasteiger partial charge in [0.2, 0.25) is 0 Å². The zero-order valence-electron chi connectivity index (χ0n) is 11.3. The van der Waals surface area contributed by atoms with Gasteiger partial charge in [0.15, 0.2) is 0 Å². The van der Waals surface area contributed by atoms with Gasteiger partial charge in [-0.15, -0.1) is 0 Å². The zero-order valence-corrected chi connectivity index (χ0v) is 11.3. The van der Waals surface area contributed by atoms with E-state index in [0.717, 1.165) is 33.7 Å². The summed E-state index contributed by atoms with van der Waals surface area (Å²) in [5.41, 5.74) is 9.14. The third-order valence-electron chi connectivity index (χ3n) is 3.25. The van der Waals surface area contributed by atoms with Crippen LogP contribution >= 0.6 is 0 Å². The van der Waals surface area contributed by atoms with Crippen molar-refractivity contribution >= 4 is 16.6 Å². The van der Waals surface area contributed by atoms with Gasteiger partial charge in [0, 0.05) is 16.6 Å². The second-order valence-corrected chi connectivity index (χ2v) is 4.44. The number of benzene rings is 2. The molecule has 1 aromatic heterocycles. The maximum Gasteiger partial charge on any atom is 0.128 e. The Morgan fingerprint density at radius 3 is 2.65 bits per heavy atom. The molecular weight excluding hydrogens is 254 g/mol. The van der Waals surface area contributed by atoms with Crippen molar-refractivity contribution in [2.24, 2.45) is 0 Å². The fourth-order valence-corrected chi connectivity index (χ4v) is 2.24. The summed E-state index contributed by atoms with van der Waals surface area (Å²) >= 11 is 0. The Kier molecular flexibility index (Phi) is 2.95. The van der Waals surface area contributed by atoms with Gasteiger partial charge in [0.1, 0.15) is 17.2 Å². The normalized spacial score (nSPS) is 10.7. The van der Waals surface area contributed by atoms with E-state index in [1.165, 1.54) is 0 Å². The maximum atomic E-state index is 5.86. The van der Waals surface area contributed by atoms with Gasteiger partial charge in [-0.1, -0.05) is 0 Å². The van der Waals surface area contributed by atoms with E-state index in [0.29, 0.717) is 5.69 Å². The van der Waals surface area contributed by atoms with E-state index in [2.05, 4.69) is 10.2 Å². The lowest BCUT2D eigenvalue weighted by Crippen LogP contribution is -1.91. The van der Waals surface area contributed by atoms with Crippen LogP contribution in [0.4, 0.5) is 5.69 Å². The number of ether oxygens (including phenoxy) is 2. The Morgan fingerprint density at radius 2 is 1.90 bits per heavy atom. The number of aromatic nitrogens is 2. The van der Waals surface area contributed by atoms with Gasteiger partial charge in [0.25, 0.3) is 0 Å². The molecular formula is C15H15N3O2. The number of methoxy groups -OCH3 is 2. The predicted molar refractivity (Wildman–Crippen MR) is 79.0 cm³/mol. The number of hydrogen-bond acceptors (Lipinski definition) is 4. The molecule has 3 aromatic rings. The largest absolute Gasteiger partial charge is 0.497 e. The minimum atomic E-state index is 0.696. The molecule has 0 aliphatic carbocycles. The highest BCUT2D eigenvalue weighted by Crippen LogP contribution is 2.36. The predicted octanol–water partition coefficient (Wildman–Crippen LogP) is 2.83. The van der Waals surface area contributed by atoms with Crippen molar-refractivity contribution in [1.82, 2.24) is 10.2 Å². The first kappa shape index (κ1) is 12.3. The third kappa shape index (κ3) is 1.93. The molecule has 0 bridgehead atoms. The average Bonchev–Trinajstić information content (AvgIpc) is 2.89. The number of hydrogen-bond donors (Lipinski definition) is 2. The molecule has 0 amide bonds. The molecule has 1 heterocycles. The first-order valence-corrected chi connectivity index (χ1v) is 6.19. The fraction of sp³-hybridized carbons (Fsp3) is 0.133. The highest BCUT2D eigenvalue weighted by atomic mass is 16.5. The summed E-state index contributed by atoms with van der Waals surface area (Å²) in [5, 5.41) is 8.33. The number of fused-ring (bicyclic) bond motifs is 1. The van der Waals surface area contributed by atoms with Crippen LogP contribution in [-0.2, 0) is 0 Å². The molecule has 3 N–H and O–H groups in total. The molecule has 0 radical (unpaired) electrons. The van der Waals surface area contributed by atoms with Crippen molar-refractivity contribution in [3.05, 3.63) is 36.4 Å². The van der Waals surface area contributed by atoms with Crippen LogP contribution in [0.15, 0.2) is 36.4 Å². The summed E-state index contributed by atoms with van der Waals surface area (Å²) in [5.74, 6) is 1.49. The molecule has 0 aliphatic heterocycles. The van der Waals surface area contributed by atoms with Gasteiger partial charge in [-0.3, -0.25) is 5.10 Å². The average molecular weight is 269 g/mol. The van der Waals surface area contributed by atoms with Crippen molar-refractivity contribution < 1.29 is 9.47 Å². The quantitative estimate of drug-likeness (QED) is 0.717. The van der Waals surface area contributed by atoms with Crippen LogP contribution < -0.4 is 15.2 Å². The van der Waals surface area contributed by atoms with Crippen molar-refractivity contribution in [1.29, 1.82) is 0 Å². The van der Waals surface area contributed by atoms with Crippen LogP contribution in [0.3, 0.4) is 0 Å². The topological polar surface area (TPSA) is 73.2 Å². The minimum Gasteiger partial charge on any atom is -0.497 e. The number of nitrogens with two attached hydrogens (primary N) is 1. The molecule has 0 aliphatic rings. The van der Waals surface area contributed by atoms with Crippen molar-refractivity contribution in [2.75, 3.05) is 20.0 Å². The second kappa shape index (κ2) is 4.77. The minimum absolute atomic E-state index is 0.696. The summed E-state index contributed by atoms with van der Waals surface area (Å²) in [7, 11) is 3.26. The van der Waals surface area contributed by atoms with E-state index in [4.69, 9.17) is 15.2 Å². The standard InChI is InChI=1S/C15H15N3O2/c1-19-10-4-6-14(20-2)12(8-10)15-11-7-9(16)3-5-13(11)17-18-15/h3-8H,16H2,1-2H3,(H,17,18). The molecule has 5 heteroatoms. The number of rotatable bonds is 3. The van der Waals surface area contributed by atoms with Crippen LogP contribution in [-0.4, -0.2) is 24.4 Å². The van der Waals surface area contributed by atoms with Crippen LogP contribution in [0.5, 0.6) is 11.5 Å². The molecule has 5 nitrogen and oxygen atoms in total. The Bertz CT molecular complexity index is 765.